The molecule has 0 aromatic heterocycles. The van der Waals surface area contributed by atoms with Crippen LogP contribution in [0, 0.1) is 5.82 Å². The molecule has 1 aromatic rings. The minimum atomic E-state index is -0.924. The smallest absolute Gasteiger partial charge is 0.313 e. The maximum atomic E-state index is 12.7. The summed E-state index contributed by atoms with van der Waals surface area (Å²) >= 11 is 1.08. The molecule has 0 fully saturated rings. The number of carbonyl (C=O) groups excluding carboxylic acids is 1. The van der Waals surface area contributed by atoms with Crippen molar-refractivity contribution >= 4 is 23.6 Å². The lowest BCUT2D eigenvalue weighted by Crippen LogP contribution is -2.30. The summed E-state index contributed by atoms with van der Waals surface area (Å²) in [5, 5.41) is 8.46. The lowest BCUT2D eigenvalue weighted by atomic mass is 10.1. The summed E-state index contributed by atoms with van der Waals surface area (Å²) in [6.45, 7) is 0.526. The van der Waals surface area contributed by atoms with E-state index in [-0.39, 0.29) is 23.2 Å². The number of amides is 1. The third-order valence-electron chi connectivity index (χ3n) is 2.53. The van der Waals surface area contributed by atoms with Gasteiger partial charge in [-0.15, -0.1) is 11.8 Å². The van der Waals surface area contributed by atoms with E-state index in [0.717, 1.165) is 17.3 Å². The second-order valence-corrected chi connectivity index (χ2v) is 5.06. The molecule has 0 aliphatic rings. The third kappa shape index (κ3) is 6.24. The topological polar surface area (TPSA) is 57.6 Å². The molecular weight excluding hydrogens is 269 g/mol. The minimum Gasteiger partial charge on any atom is -0.481 e. The van der Waals surface area contributed by atoms with Gasteiger partial charge >= 0.3 is 5.97 Å². The van der Waals surface area contributed by atoms with Crippen LogP contribution in [-0.4, -0.2) is 47.0 Å². The van der Waals surface area contributed by atoms with E-state index in [1.54, 1.807) is 24.1 Å². The summed E-state index contributed by atoms with van der Waals surface area (Å²) in [6.07, 6.45) is 0.645. The largest absolute Gasteiger partial charge is 0.481 e. The molecule has 19 heavy (non-hydrogen) atoms. The highest BCUT2D eigenvalue weighted by Gasteiger charge is 2.09. The molecule has 0 spiro atoms. The van der Waals surface area contributed by atoms with Crippen molar-refractivity contribution in [3.05, 3.63) is 35.6 Å². The summed E-state index contributed by atoms with van der Waals surface area (Å²) < 4.78 is 12.7. The second kappa shape index (κ2) is 7.78. The van der Waals surface area contributed by atoms with Crippen molar-refractivity contribution in [3.63, 3.8) is 0 Å². The number of halogens is 1. The quantitative estimate of drug-likeness (QED) is 0.827. The molecule has 1 N–H and O–H groups in total. The number of carboxylic acid groups (broad SMARTS) is 1. The Labute approximate surface area is 115 Å². The molecule has 104 valence electrons. The van der Waals surface area contributed by atoms with Crippen LogP contribution in [0.5, 0.6) is 0 Å². The van der Waals surface area contributed by atoms with Crippen LogP contribution >= 0.6 is 11.8 Å². The molecule has 0 unspecified atom stereocenters. The van der Waals surface area contributed by atoms with Gasteiger partial charge < -0.3 is 10.0 Å². The van der Waals surface area contributed by atoms with E-state index < -0.39 is 5.97 Å². The lowest BCUT2D eigenvalue weighted by Gasteiger charge is -2.16. The summed E-state index contributed by atoms with van der Waals surface area (Å²) in [6, 6.07) is 6.15. The van der Waals surface area contributed by atoms with Crippen molar-refractivity contribution in [2.24, 2.45) is 0 Å². The zero-order valence-electron chi connectivity index (χ0n) is 10.6. The van der Waals surface area contributed by atoms with Gasteiger partial charge in [-0.25, -0.2) is 4.39 Å². The van der Waals surface area contributed by atoms with Crippen molar-refractivity contribution in [2.45, 2.75) is 6.42 Å². The standard InChI is InChI=1S/C13H16FNO3S/c1-15(12(16)8-19-9-13(17)18)7-6-10-2-4-11(14)5-3-10/h2-5H,6-9H2,1H3,(H,17,18). The Morgan fingerprint density at radius 3 is 2.47 bits per heavy atom. The van der Waals surface area contributed by atoms with Gasteiger partial charge in [-0.05, 0) is 24.1 Å². The SMILES string of the molecule is CN(CCc1ccc(F)cc1)C(=O)CSCC(=O)O. The number of nitrogens with zero attached hydrogens (tertiary/aromatic N) is 1. The Morgan fingerprint density at radius 2 is 1.89 bits per heavy atom. The van der Waals surface area contributed by atoms with E-state index in [9.17, 15) is 14.0 Å². The lowest BCUT2D eigenvalue weighted by molar-refractivity contribution is -0.133. The molecule has 0 saturated heterocycles. The molecule has 1 amide bonds. The van der Waals surface area contributed by atoms with Crippen molar-refractivity contribution < 1.29 is 19.1 Å². The molecule has 1 rings (SSSR count). The Bertz CT molecular complexity index is 436. The van der Waals surface area contributed by atoms with Crippen molar-refractivity contribution in [1.29, 1.82) is 0 Å². The van der Waals surface area contributed by atoms with Gasteiger partial charge in [0.25, 0.3) is 0 Å². The fraction of sp³-hybridized carbons (Fsp3) is 0.385. The number of carboxylic acids is 1. The van der Waals surface area contributed by atoms with Crippen molar-refractivity contribution in [3.8, 4) is 0 Å². The fourth-order valence-electron chi connectivity index (χ4n) is 1.41. The van der Waals surface area contributed by atoms with Crippen LogP contribution < -0.4 is 0 Å². The molecule has 0 aliphatic carbocycles. The first kappa shape index (κ1) is 15.5. The maximum absolute atomic E-state index is 12.7. The molecule has 6 heteroatoms. The number of rotatable bonds is 7. The van der Waals surface area contributed by atoms with Crippen LogP contribution in [0.15, 0.2) is 24.3 Å². The van der Waals surface area contributed by atoms with Crippen LogP contribution in [0.3, 0.4) is 0 Å². The highest BCUT2D eigenvalue weighted by molar-refractivity contribution is 8.00. The number of hydrogen-bond acceptors (Lipinski definition) is 3. The van der Waals surface area contributed by atoms with Gasteiger partial charge in [0.2, 0.25) is 5.91 Å². The molecule has 4 nitrogen and oxygen atoms in total. The Morgan fingerprint density at radius 1 is 1.26 bits per heavy atom. The summed E-state index contributed by atoms with van der Waals surface area (Å²) in [5.41, 5.74) is 0.958. The zero-order chi connectivity index (χ0) is 14.3. The Balaban J connectivity index is 2.30. The average Bonchev–Trinajstić information content (AvgIpc) is 2.37. The first-order valence-corrected chi connectivity index (χ1v) is 6.92. The maximum Gasteiger partial charge on any atom is 0.313 e. The highest BCUT2D eigenvalue weighted by Crippen LogP contribution is 2.06. The Kier molecular flexibility index (Phi) is 6.35. The van der Waals surface area contributed by atoms with Crippen LogP contribution in [0.2, 0.25) is 0 Å². The Hall–Kier alpha value is -1.56. The van der Waals surface area contributed by atoms with E-state index in [2.05, 4.69) is 0 Å². The fourth-order valence-corrected chi connectivity index (χ4v) is 2.08. The number of carbonyl (C=O) groups is 2. The molecule has 0 radical (unpaired) electrons. The highest BCUT2D eigenvalue weighted by atomic mass is 32.2. The molecule has 0 bridgehead atoms. The molecular formula is C13H16FNO3S. The number of likely N-dealkylation sites (N-methyl/N-ethyl adjacent to an activating group) is 1. The van der Waals surface area contributed by atoms with Crippen LogP contribution in [0.4, 0.5) is 4.39 Å². The van der Waals surface area contributed by atoms with Gasteiger partial charge in [-0.3, -0.25) is 9.59 Å². The summed E-state index contributed by atoms with van der Waals surface area (Å²) in [5.74, 6) is -1.22. The summed E-state index contributed by atoms with van der Waals surface area (Å²) in [4.78, 5) is 23.5. The van der Waals surface area contributed by atoms with Gasteiger partial charge in [0.15, 0.2) is 0 Å². The third-order valence-corrected chi connectivity index (χ3v) is 3.43. The van der Waals surface area contributed by atoms with Crippen molar-refractivity contribution in [2.75, 3.05) is 25.1 Å². The summed E-state index contributed by atoms with van der Waals surface area (Å²) in [7, 11) is 1.67. The molecule has 0 aliphatic heterocycles. The van der Waals surface area contributed by atoms with Gasteiger partial charge in [0.1, 0.15) is 5.82 Å². The second-order valence-electron chi connectivity index (χ2n) is 4.08. The predicted molar refractivity (Wildman–Crippen MR) is 72.7 cm³/mol. The number of benzene rings is 1. The first-order chi connectivity index (χ1) is 8.99. The van der Waals surface area contributed by atoms with Crippen LogP contribution in [-0.2, 0) is 16.0 Å². The van der Waals surface area contributed by atoms with E-state index in [1.807, 2.05) is 0 Å². The van der Waals surface area contributed by atoms with Gasteiger partial charge in [-0.2, -0.15) is 0 Å². The van der Waals surface area contributed by atoms with Gasteiger partial charge in [0, 0.05) is 13.6 Å². The number of aliphatic carboxylic acids is 1. The van der Waals surface area contributed by atoms with Crippen molar-refractivity contribution in [1.82, 2.24) is 4.90 Å². The monoisotopic (exact) mass is 285 g/mol. The molecule has 0 atom stereocenters. The van der Waals surface area contributed by atoms with Gasteiger partial charge in [0.05, 0.1) is 11.5 Å². The predicted octanol–water partition coefficient (Wildman–Crippen LogP) is 1.64. The van der Waals surface area contributed by atoms with E-state index in [4.69, 9.17) is 5.11 Å². The van der Waals surface area contributed by atoms with E-state index in [1.165, 1.54) is 12.1 Å². The molecule has 0 saturated carbocycles. The van der Waals surface area contributed by atoms with E-state index in [0.29, 0.717) is 13.0 Å². The van der Waals surface area contributed by atoms with Crippen LogP contribution in [0.1, 0.15) is 5.56 Å². The minimum absolute atomic E-state index is 0.0719. The van der Waals surface area contributed by atoms with E-state index >= 15 is 0 Å². The normalized spacial score (nSPS) is 10.2. The van der Waals surface area contributed by atoms with Gasteiger partial charge in [-0.1, -0.05) is 12.1 Å². The zero-order valence-corrected chi connectivity index (χ0v) is 11.5. The number of hydrogen-bond donors (Lipinski definition) is 1. The molecule has 1 aromatic carbocycles. The average molecular weight is 285 g/mol. The number of thioether (sulfide) groups is 1. The first-order valence-electron chi connectivity index (χ1n) is 5.77. The van der Waals surface area contributed by atoms with Crippen LogP contribution in [0.25, 0.3) is 0 Å². The molecule has 0 heterocycles.